The quantitative estimate of drug-likeness (QED) is 0.335. The van der Waals surface area contributed by atoms with E-state index in [-0.39, 0.29) is 21.7 Å². The zero-order valence-corrected chi connectivity index (χ0v) is 18.3. The molecule has 0 aliphatic heterocycles. The number of benzene rings is 3. The van der Waals surface area contributed by atoms with Gasteiger partial charge in [-0.3, -0.25) is 0 Å². The largest absolute Gasteiger partial charge is 0.419 e. The predicted octanol–water partition coefficient (Wildman–Crippen LogP) is 6.47. The lowest BCUT2D eigenvalue weighted by Gasteiger charge is -2.06. The SMILES string of the molecule is O=S(=O)(c1ccc(Br)cc1)c1nc(-c2ccc(F)cc2)oc1Nc1ccc(Cl)cc1. The Bertz CT molecular complexity index is 1290. The van der Waals surface area contributed by atoms with Gasteiger partial charge in [0, 0.05) is 20.7 Å². The highest BCUT2D eigenvalue weighted by Gasteiger charge is 2.28. The highest BCUT2D eigenvalue weighted by atomic mass is 79.9. The van der Waals surface area contributed by atoms with E-state index < -0.39 is 15.7 Å². The van der Waals surface area contributed by atoms with E-state index >= 15 is 0 Å². The third kappa shape index (κ3) is 4.26. The van der Waals surface area contributed by atoms with Crippen LogP contribution in [0.5, 0.6) is 0 Å². The molecule has 1 heterocycles. The van der Waals surface area contributed by atoms with E-state index in [1.165, 1.54) is 36.4 Å². The van der Waals surface area contributed by atoms with E-state index in [4.69, 9.17) is 16.0 Å². The molecule has 0 bridgehead atoms. The molecular formula is C21H13BrClFN2O3S. The molecule has 3 aromatic carbocycles. The van der Waals surface area contributed by atoms with Crippen LogP contribution in [0, 0.1) is 5.82 Å². The summed E-state index contributed by atoms with van der Waals surface area (Å²) in [6.45, 7) is 0. The Morgan fingerprint density at radius 2 is 1.57 bits per heavy atom. The summed E-state index contributed by atoms with van der Waals surface area (Å²) in [4.78, 5) is 4.28. The monoisotopic (exact) mass is 506 g/mol. The van der Waals surface area contributed by atoms with Crippen LogP contribution in [0.25, 0.3) is 11.5 Å². The summed E-state index contributed by atoms with van der Waals surface area (Å²) >= 11 is 9.21. The second kappa shape index (κ2) is 8.22. The number of anilines is 2. The molecule has 9 heteroatoms. The number of sulfone groups is 1. The number of halogens is 3. The van der Waals surface area contributed by atoms with Crippen molar-refractivity contribution in [2.24, 2.45) is 0 Å². The maximum absolute atomic E-state index is 13.3. The maximum Gasteiger partial charge on any atom is 0.238 e. The summed E-state index contributed by atoms with van der Waals surface area (Å²) in [5, 5.41) is 3.19. The van der Waals surface area contributed by atoms with Gasteiger partial charge in [-0.15, -0.1) is 0 Å². The number of nitrogens with zero attached hydrogens (tertiary/aromatic N) is 1. The van der Waals surface area contributed by atoms with Gasteiger partial charge in [0.2, 0.25) is 26.6 Å². The van der Waals surface area contributed by atoms with E-state index in [0.717, 1.165) is 4.47 Å². The van der Waals surface area contributed by atoms with Crippen LogP contribution in [0.2, 0.25) is 5.02 Å². The Hall–Kier alpha value is -2.68. The molecule has 0 radical (unpaired) electrons. The van der Waals surface area contributed by atoms with Gasteiger partial charge in [0.25, 0.3) is 0 Å². The third-order valence-corrected chi connectivity index (χ3v) is 6.63. The van der Waals surface area contributed by atoms with Crippen LogP contribution in [0.4, 0.5) is 16.0 Å². The van der Waals surface area contributed by atoms with Gasteiger partial charge < -0.3 is 9.73 Å². The van der Waals surface area contributed by atoms with Gasteiger partial charge in [0.1, 0.15) is 5.82 Å². The van der Waals surface area contributed by atoms with E-state index in [2.05, 4.69) is 26.2 Å². The van der Waals surface area contributed by atoms with Gasteiger partial charge in [0.05, 0.1) is 4.90 Å². The molecule has 30 heavy (non-hydrogen) atoms. The molecule has 0 unspecified atom stereocenters. The fourth-order valence-corrected chi connectivity index (χ4v) is 4.32. The Morgan fingerprint density at radius 1 is 0.933 bits per heavy atom. The number of hydrogen-bond acceptors (Lipinski definition) is 5. The highest BCUT2D eigenvalue weighted by Crippen LogP contribution is 2.34. The van der Waals surface area contributed by atoms with Crippen molar-refractivity contribution in [2.75, 3.05) is 5.32 Å². The summed E-state index contributed by atoms with van der Waals surface area (Å²) in [6, 6.07) is 18.3. The van der Waals surface area contributed by atoms with E-state index in [1.54, 1.807) is 36.4 Å². The first-order valence-corrected chi connectivity index (χ1v) is 11.3. The van der Waals surface area contributed by atoms with Crippen LogP contribution in [0.1, 0.15) is 0 Å². The zero-order chi connectivity index (χ0) is 21.3. The highest BCUT2D eigenvalue weighted by molar-refractivity contribution is 9.10. The van der Waals surface area contributed by atoms with Crippen molar-refractivity contribution in [3.63, 3.8) is 0 Å². The van der Waals surface area contributed by atoms with Gasteiger partial charge in [-0.25, -0.2) is 12.8 Å². The van der Waals surface area contributed by atoms with Crippen LogP contribution >= 0.6 is 27.5 Å². The Balaban J connectivity index is 1.83. The number of rotatable bonds is 5. The molecule has 152 valence electrons. The molecule has 0 spiro atoms. The van der Waals surface area contributed by atoms with Crippen LogP contribution in [-0.2, 0) is 9.84 Å². The molecule has 1 aromatic heterocycles. The van der Waals surface area contributed by atoms with Crippen LogP contribution in [-0.4, -0.2) is 13.4 Å². The molecule has 4 rings (SSSR count). The number of aromatic nitrogens is 1. The van der Waals surface area contributed by atoms with Crippen LogP contribution in [0.3, 0.4) is 0 Å². The van der Waals surface area contributed by atoms with Crippen molar-refractivity contribution in [1.29, 1.82) is 0 Å². The number of nitrogens with one attached hydrogen (secondary N) is 1. The maximum atomic E-state index is 13.3. The second-order valence-electron chi connectivity index (χ2n) is 6.25. The Morgan fingerprint density at radius 3 is 2.20 bits per heavy atom. The lowest BCUT2D eigenvalue weighted by molar-refractivity contribution is 0.581. The second-order valence-corrected chi connectivity index (χ2v) is 9.47. The van der Waals surface area contributed by atoms with Crippen LogP contribution < -0.4 is 5.32 Å². The summed E-state index contributed by atoms with van der Waals surface area (Å²) in [5.74, 6) is -0.436. The number of oxazole rings is 1. The molecule has 0 fully saturated rings. The Kier molecular flexibility index (Phi) is 5.64. The van der Waals surface area contributed by atoms with Gasteiger partial charge in [-0.1, -0.05) is 27.5 Å². The lowest BCUT2D eigenvalue weighted by Crippen LogP contribution is -2.05. The minimum absolute atomic E-state index is 0.0437. The van der Waals surface area contributed by atoms with E-state index in [9.17, 15) is 12.8 Å². The molecule has 0 amide bonds. The fourth-order valence-electron chi connectivity index (χ4n) is 2.67. The summed E-state index contributed by atoms with van der Waals surface area (Å²) in [6.07, 6.45) is 0. The molecular weight excluding hydrogens is 495 g/mol. The molecule has 4 aromatic rings. The van der Waals surface area contributed by atoms with Gasteiger partial charge >= 0.3 is 0 Å². The number of hydrogen-bond donors (Lipinski definition) is 1. The first-order valence-electron chi connectivity index (χ1n) is 8.63. The summed E-state index contributed by atoms with van der Waals surface area (Å²) < 4.78 is 46.3. The first kappa shape index (κ1) is 20.6. The summed E-state index contributed by atoms with van der Waals surface area (Å²) in [5.41, 5.74) is 1.00. The fraction of sp³-hybridized carbons (Fsp3) is 0. The molecule has 0 atom stereocenters. The molecule has 0 aliphatic carbocycles. The average Bonchev–Trinajstić information content (AvgIpc) is 3.15. The minimum Gasteiger partial charge on any atom is -0.419 e. The third-order valence-electron chi connectivity index (χ3n) is 4.17. The lowest BCUT2D eigenvalue weighted by atomic mass is 10.2. The molecule has 1 N–H and O–H groups in total. The predicted molar refractivity (Wildman–Crippen MR) is 116 cm³/mol. The van der Waals surface area contributed by atoms with Gasteiger partial charge in [-0.2, -0.15) is 4.98 Å². The first-order chi connectivity index (χ1) is 14.3. The van der Waals surface area contributed by atoms with Crippen LogP contribution in [0.15, 0.2) is 91.6 Å². The van der Waals surface area contributed by atoms with Crippen molar-refractivity contribution < 1.29 is 17.2 Å². The normalized spacial score (nSPS) is 11.4. The Labute approximate surface area is 185 Å². The van der Waals surface area contributed by atoms with Crippen molar-refractivity contribution in [3.8, 4) is 11.5 Å². The van der Waals surface area contributed by atoms with E-state index in [1.807, 2.05) is 0 Å². The molecule has 5 nitrogen and oxygen atoms in total. The van der Waals surface area contributed by atoms with Gasteiger partial charge in [-0.05, 0) is 72.8 Å². The van der Waals surface area contributed by atoms with Crippen molar-refractivity contribution in [3.05, 3.63) is 88.1 Å². The van der Waals surface area contributed by atoms with Crippen molar-refractivity contribution in [1.82, 2.24) is 4.98 Å². The van der Waals surface area contributed by atoms with Gasteiger partial charge in [0.15, 0.2) is 0 Å². The van der Waals surface area contributed by atoms with Crippen molar-refractivity contribution >= 4 is 48.9 Å². The smallest absolute Gasteiger partial charge is 0.238 e. The van der Waals surface area contributed by atoms with E-state index in [0.29, 0.717) is 16.3 Å². The average molecular weight is 508 g/mol. The van der Waals surface area contributed by atoms with Crippen molar-refractivity contribution in [2.45, 2.75) is 9.92 Å². The summed E-state index contributed by atoms with van der Waals surface area (Å²) in [7, 11) is -4.00. The minimum atomic E-state index is -4.00. The molecule has 0 saturated carbocycles. The topological polar surface area (TPSA) is 72.2 Å². The molecule has 0 aliphatic rings. The molecule has 0 saturated heterocycles. The zero-order valence-electron chi connectivity index (χ0n) is 15.1. The standard InChI is InChI=1S/C21H13BrClFN2O3S/c22-14-3-11-18(12-4-14)30(27,28)21-20(25-17-9-5-15(23)6-10-17)29-19(26-21)13-1-7-16(24)8-2-13/h1-12,25H.